The fourth-order valence-electron chi connectivity index (χ4n) is 2.33. The van der Waals surface area contributed by atoms with Gasteiger partial charge in [0.2, 0.25) is 0 Å². The Kier molecular flexibility index (Phi) is 6.70. The highest BCUT2D eigenvalue weighted by Gasteiger charge is 2.21. The van der Waals surface area contributed by atoms with E-state index in [0.717, 1.165) is 19.0 Å². The van der Waals surface area contributed by atoms with E-state index in [0.29, 0.717) is 19.6 Å². The largest absolute Gasteiger partial charge is 0.466 e. The van der Waals surface area contributed by atoms with Crippen LogP contribution >= 0.6 is 0 Å². The average molecular weight is 290 g/mol. The zero-order valence-corrected chi connectivity index (χ0v) is 12.8. The van der Waals surface area contributed by atoms with Gasteiger partial charge in [-0.1, -0.05) is 30.3 Å². The van der Waals surface area contributed by atoms with Gasteiger partial charge in [0.1, 0.15) is 0 Å². The Morgan fingerprint density at radius 2 is 2.10 bits per heavy atom. The molecule has 0 radical (unpaired) electrons. The maximum Gasteiger partial charge on any atom is 0.307 e. The van der Waals surface area contributed by atoms with Gasteiger partial charge >= 0.3 is 5.97 Å². The summed E-state index contributed by atoms with van der Waals surface area (Å²) in [6, 6.07) is 10.6. The third-order valence-corrected chi connectivity index (χ3v) is 3.71. The molecule has 0 aromatic heterocycles. The molecule has 0 saturated heterocycles. The average Bonchev–Trinajstić information content (AvgIpc) is 3.31. The fraction of sp³-hybridized carbons (Fsp3) is 0.588. The van der Waals surface area contributed by atoms with E-state index in [-0.39, 0.29) is 12.0 Å². The van der Waals surface area contributed by atoms with E-state index in [1.807, 2.05) is 13.0 Å². The summed E-state index contributed by atoms with van der Waals surface area (Å²) in [4.78, 5) is 11.4. The number of rotatable bonds is 10. The van der Waals surface area contributed by atoms with E-state index in [4.69, 9.17) is 4.74 Å². The van der Waals surface area contributed by atoms with Crippen LogP contribution in [0.4, 0.5) is 0 Å². The van der Waals surface area contributed by atoms with E-state index in [9.17, 15) is 4.79 Å². The second-order valence-corrected chi connectivity index (χ2v) is 5.57. The van der Waals surface area contributed by atoms with Gasteiger partial charge in [0.15, 0.2) is 0 Å². The van der Waals surface area contributed by atoms with Crippen molar-refractivity contribution in [2.45, 2.75) is 32.2 Å². The van der Waals surface area contributed by atoms with Gasteiger partial charge in [-0.05, 0) is 37.8 Å². The van der Waals surface area contributed by atoms with Gasteiger partial charge in [0, 0.05) is 19.1 Å². The van der Waals surface area contributed by atoms with Crippen LogP contribution in [0, 0.1) is 5.92 Å². The topological polar surface area (TPSA) is 50.4 Å². The SMILES string of the molecule is CCOC(=O)CCNC(CNCC1CC1)c1ccccc1. The maximum absolute atomic E-state index is 11.4. The van der Waals surface area contributed by atoms with E-state index in [1.54, 1.807) is 0 Å². The molecule has 4 heteroatoms. The Labute approximate surface area is 127 Å². The highest BCUT2D eigenvalue weighted by atomic mass is 16.5. The molecule has 0 bridgehead atoms. The van der Waals surface area contributed by atoms with Crippen molar-refractivity contribution in [1.82, 2.24) is 10.6 Å². The molecule has 1 aliphatic carbocycles. The number of esters is 1. The first-order valence-corrected chi connectivity index (χ1v) is 7.94. The highest BCUT2D eigenvalue weighted by Crippen LogP contribution is 2.27. The number of hydrogen-bond donors (Lipinski definition) is 2. The standard InChI is InChI=1S/C17H26N2O2/c1-2-21-17(20)10-11-19-16(13-18-12-14-8-9-14)15-6-4-3-5-7-15/h3-7,14,16,18-19H,2,8-13H2,1H3. The molecule has 0 heterocycles. The minimum Gasteiger partial charge on any atom is -0.466 e. The van der Waals surface area contributed by atoms with E-state index >= 15 is 0 Å². The molecule has 1 fully saturated rings. The molecular formula is C17H26N2O2. The molecule has 1 aliphatic rings. The monoisotopic (exact) mass is 290 g/mol. The number of benzene rings is 1. The summed E-state index contributed by atoms with van der Waals surface area (Å²) >= 11 is 0. The van der Waals surface area contributed by atoms with Gasteiger partial charge in [-0.3, -0.25) is 4.79 Å². The molecule has 4 nitrogen and oxygen atoms in total. The van der Waals surface area contributed by atoms with Crippen LogP contribution in [0.25, 0.3) is 0 Å². The summed E-state index contributed by atoms with van der Waals surface area (Å²) in [5.74, 6) is 0.740. The minimum atomic E-state index is -0.136. The van der Waals surface area contributed by atoms with Crippen LogP contribution in [0.15, 0.2) is 30.3 Å². The van der Waals surface area contributed by atoms with Crippen molar-refractivity contribution in [3.63, 3.8) is 0 Å². The molecule has 0 spiro atoms. The summed E-state index contributed by atoms with van der Waals surface area (Å²) in [6.45, 7) is 4.92. The molecule has 2 N–H and O–H groups in total. The third kappa shape index (κ3) is 6.27. The van der Waals surface area contributed by atoms with Crippen LogP contribution in [0.3, 0.4) is 0 Å². The smallest absolute Gasteiger partial charge is 0.307 e. The molecule has 2 rings (SSSR count). The minimum absolute atomic E-state index is 0.136. The summed E-state index contributed by atoms with van der Waals surface area (Å²) in [6.07, 6.45) is 3.14. The summed E-state index contributed by atoms with van der Waals surface area (Å²) in [5.41, 5.74) is 1.25. The lowest BCUT2D eigenvalue weighted by Gasteiger charge is -2.20. The van der Waals surface area contributed by atoms with E-state index < -0.39 is 0 Å². The van der Waals surface area contributed by atoms with Crippen molar-refractivity contribution >= 4 is 5.97 Å². The molecule has 116 valence electrons. The zero-order chi connectivity index (χ0) is 14.9. The van der Waals surface area contributed by atoms with Crippen molar-refractivity contribution in [2.24, 2.45) is 5.92 Å². The predicted molar refractivity (Wildman–Crippen MR) is 84.0 cm³/mol. The summed E-state index contributed by atoms with van der Waals surface area (Å²) in [7, 11) is 0. The predicted octanol–water partition coefficient (Wildman–Crippen LogP) is 2.27. The Balaban J connectivity index is 1.78. The van der Waals surface area contributed by atoms with Crippen LogP contribution in [-0.2, 0) is 9.53 Å². The fourth-order valence-corrected chi connectivity index (χ4v) is 2.33. The first-order chi connectivity index (χ1) is 10.3. The molecule has 1 aromatic rings. The quantitative estimate of drug-likeness (QED) is 0.649. The number of carbonyl (C=O) groups is 1. The van der Waals surface area contributed by atoms with Crippen LogP contribution < -0.4 is 10.6 Å². The number of nitrogens with one attached hydrogen (secondary N) is 2. The van der Waals surface area contributed by atoms with Crippen molar-refractivity contribution < 1.29 is 9.53 Å². The van der Waals surface area contributed by atoms with Crippen LogP contribution in [0.2, 0.25) is 0 Å². The Hall–Kier alpha value is -1.39. The second-order valence-electron chi connectivity index (χ2n) is 5.57. The lowest BCUT2D eigenvalue weighted by atomic mass is 10.1. The maximum atomic E-state index is 11.4. The lowest BCUT2D eigenvalue weighted by molar-refractivity contribution is -0.143. The van der Waals surface area contributed by atoms with E-state index in [1.165, 1.54) is 18.4 Å². The molecule has 0 amide bonds. The van der Waals surface area contributed by atoms with Gasteiger partial charge in [0.25, 0.3) is 0 Å². The lowest BCUT2D eigenvalue weighted by Crippen LogP contribution is -2.34. The second kappa shape index (κ2) is 8.80. The van der Waals surface area contributed by atoms with Gasteiger partial charge in [-0.25, -0.2) is 0 Å². The number of hydrogen-bond acceptors (Lipinski definition) is 4. The zero-order valence-electron chi connectivity index (χ0n) is 12.8. The first-order valence-electron chi connectivity index (χ1n) is 7.94. The normalized spacial score (nSPS) is 15.7. The summed E-state index contributed by atoms with van der Waals surface area (Å²) in [5, 5.41) is 6.99. The van der Waals surface area contributed by atoms with Gasteiger partial charge in [0.05, 0.1) is 13.0 Å². The summed E-state index contributed by atoms with van der Waals surface area (Å²) < 4.78 is 4.96. The molecular weight excluding hydrogens is 264 g/mol. The van der Waals surface area contributed by atoms with E-state index in [2.05, 4.69) is 34.9 Å². The molecule has 0 aliphatic heterocycles. The molecule has 1 aromatic carbocycles. The Morgan fingerprint density at radius 3 is 2.76 bits per heavy atom. The van der Waals surface area contributed by atoms with Crippen molar-refractivity contribution in [1.29, 1.82) is 0 Å². The molecule has 1 atom stereocenters. The van der Waals surface area contributed by atoms with Crippen molar-refractivity contribution in [3.05, 3.63) is 35.9 Å². The third-order valence-electron chi connectivity index (χ3n) is 3.71. The van der Waals surface area contributed by atoms with Gasteiger partial charge in [-0.2, -0.15) is 0 Å². The Morgan fingerprint density at radius 1 is 1.33 bits per heavy atom. The van der Waals surface area contributed by atoms with Gasteiger partial charge < -0.3 is 15.4 Å². The molecule has 21 heavy (non-hydrogen) atoms. The van der Waals surface area contributed by atoms with Gasteiger partial charge in [-0.15, -0.1) is 0 Å². The van der Waals surface area contributed by atoms with Crippen LogP contribution in [0.1, 0.15) is 37.8 Å². The molecule has 1 unspecified atom stereocenters. The number of carbonyl (C=O) groups excluding carboxylic acids is 1. The van der Waals surface area contributed by atoms with Crippen molar-refractivity contribution in [2.75, 3.05) is 26.2 Å². The van der Waals surface area contributed by atoms with Crippen LogP contribution in [0.5, 0.6) is 0 Å². The number of ether oxygens (including phenoxy) is 1. The molecule has 1 saturated carbocycles. The van der Waals surface area contributed by atoms with Crippen LogP contribution in [-0.4, -0.2) is 32.2 Å². The highest BCUT2D eigenvalue weighted by molar-refractivity contribution is 5.69. The Bertz CT molecular complexity index is 418. The first kappa shape index (κ1) is 16.0. The van der Waals surface area contributed by atoms with Crippen molar-refractivity contribution in [3.8, 4) is 0 Å².